The van der Waals surface area contributed by atoms with Gasteiger partial charge in [0.2, 0.25) is 0 Å². The molecule has 0 heterocycles. The van der Waals surface area contributed by atoms with Gasteiger partial charge in [0.15, 0.2) is 19.3 Å². The molecule has 0 unspecified atom stereocenters. The van der Waals surface area contributed by atoms with Crippen LogP contribution in [0.25, 0.3) is 12.2 Å². The number of nitro groups is 1. The minimum atomic E-state index is -1.21. The van der Waals surface area contributed by atoms with Crippen molar-refractivity contribution in [1.82, 2.24) is 0 Å². The van der Waals surface area contributed by atoms with E-state index in [2.05, 4.69) is 55.2 Å². The van der Waals surface area contributed by atoms with Crippen LogP contribution in [-0.4, -0.2) is 47.9 Å². The predicted molar refractivity (Wildman–Crippen MR) is 160 cm³/mol. The van der Waals surface area contributed by atoms with Gasteiger partial charge in [0.1, 0.15) is 5.75 Å². The minimum Gasteiger partial charge on any atom is -0.468 e. The van der Waals surface area contributed by atoms with Crippen LogP contribution in [0, 0.1) is 17.0 Å². The first-order chi connectivity index (χ1) is 17.2. The molecule has 0 amide bonds. The van der Waals surface area contributed by atoms with Crippen LogP contribution in [0.5, 0.6) is 11.5 Å². The molecule has 10 heteroatoms. The van der Waals surface area contributed by atoms with Gasteiger partial charge in [0, 0.05) is 39.9 Å². The van der Waals surface area contributed by atoms with Gasteiger partial charge < -0.3 is 18.9 Å². The van der Waals surface area contributed by atoms with Crippen LogP contribution >= 0.6 is 15.9 Å². The summed E-state index contributed by atoms with van der Waals surface area (Å²) >= 11 is 3.65. The van der Waals surface area contributed by atoms with E-state index < -0.39 is 21.1 Å². The van der Waals surface area contributed by atoms with Crippen LogP contribution in [0.3, 0.4) is 0 Å². The zero-order valence-corrected chi connectivity index (χ0v) is 26.6. The van der Waals surface area contributed by atoms with Crippen LogP contribution in [0.1, 0.15) is 16.7 Å². The van der Waals surface area contributed by atoms with Crippen molar-refractivity contribution in [1.29, 1.82) is 0 Å². The van der Waals surface area contributed by atoms with Gasteiger partial charge in [-0.15, -0.1) is 0 Å². The lowest BCUT2D eigenvalue weighted by molar-refractivity contribution is -0.386. The molecule has 0 atom stereocenters. The van der Waals surface area contributed by atoms with E-state index in [1.165, 1.54) is 6.07 Å². The van der Waals surface area contributed by atoms with Crippen molar-refractivity contribution in [2.45, 2.75) is 58.3 Å². The molecule has 7 nitrogen and oxygen atoms in total. The third kappa shape index (κ3) is 11.9. The summed E-state index contributed by atoms with van der Waals surface area (Å²) in [5.74, 6) is 0.902. The summed E-state index contributed by atoms with van der Waals surface area (Å²) in [4.78, 5) is 11.0. The molecule has 0 aliphatic heterocycles. The van der Waals surface area contributed by atoms with E-state index in [0.29, 0.717) is 13.2 Å². The number of benzene rings is 2. The lowest BCUT2D eigenvalue weighted by Crippen LogP contribution is -2.22. The average molecular weight is 611 g/mol. The molecule has 0 aromatic heterocycles. The quantitative estimate of drug-likeness (QED) is 0.0505. The molecular formula is C27H40BrNO6Si2. The third-order valence-electron chi connectivity index (χ3n) is 5.49. The summed E-state index contributed by atoms with van der Waals surface area (Å²) in [7, 11) is -2.35. The normalized spacial score (nSPS) is 12.2. The van der Waals surface area contributed by atoms with Crippen LogP contribution in [0.4, 0.5) is 5.69 Å². The summed E-state index contributed by atoms with van der Waals surface area (Å²) in [6, 6.07) is 10.8. The maximum absolute atomic E-state index is 11.5. The molecule has 2 aromatic carbocycles. The summed E-state index contributed by atoms with van der Waals surface area (Å²) in [6.45, 7) is 17.2. The number of aryl methyl sites for hydroxylation is 1. The monoisotopic (exact) mass is 609 g/mol. The lowest BCUT2D eigenvalue weighted by Gasteiger charge is -2.16. The van der Waals surface area contributed by atoms with Crippen molar-refractivity contribution in [2.24, 2.45) is 0 Å². The fourth-order valence-electron chi connectivity index (χ4n) is 3.14. The summed E-state index contributed by atoms with van der Waals surface area (Å²) in [6.07, 6.45) is 3.82. The molecule has 0 saturated carbocycles. The molecule has 0 fully saturated rings. The van der Waals surface area contributed by atoms with E-state index in [4.69, 9.17) is 18.9 Å². The molecule has 204 valence electrons. The van der Waals surface area contributed by atoms with Crippen molar-refractivity contribution < 1.29 is 23.9 Å². The first kappa shape index (κ1) is 31.2. The molecule has 0 spiro atoms. The van der Waals surface area contributed by atoms with Crippen LogP contribution in [0.2, 0.25) is 51.4 Å². The van der Waals surface area contributed by atoms with E-state index in [0.717, 1.165) is 39.0 Å². The van der Waals surface area contributed by atoms with Crippen molar-refractivity contribution in [2.75, 3.05) is 26.8 Å². The van der Waals surface area contributed by atoms with Crippen LogP contribution in [0.15, 0.2) is 34.8 Å². The SMILES string of the molecule is Cc1cc(OCOCC[Si](C)(C)C)cc(/C=C/c2ccc([N+](=O)[O-])c(OCOCC[Si](C)(C)C)c2)c1Br. The standard InChI is InChI=1S/C27H40BrNO6Si2/c1-21-16-24(34-19-32-12-14-36(2,3)4)18-23(27(21)28)10-8-22-9-11-25(29(30)31)26(17-22)35-20-33-13-15-37(5,6)7/h8-11,16-18H,12-15,19-20H2,1-7H3/b10-8+. The van der Waals surface area contributed by atoms with E-state index in [1.807, 2.05) is 31.2 Å². The third-order valence-corrected chi connectivity index (χ3v) is 9.98. The Labute approximate surface area is 231 Å². The average Bonchev–Trinajstić information content (AvgIpc) is 2.78. The molecule has 0 aliphatic rings. The van der Waals surface area contributed by atoms with Crippen molar-refractivity contribution in [3.8, 4) is 11.5 Å². The Morgan fingerprint density at radius 1 is 0.892 bits per heavy atom. The van der Waals surface area contributed by atoms with Gasteiger partial charge in [-0.25, -0.2) is 0 Å². The number of nitro benzene ring substituents is 1. The van der Waals surface area contributed by atoms with Gasteiger partial charge in [-0.3, -0.25) is 10.1 Å². The molecule has 0 N–H and O–H groups in total. The Hall–Kier alpha value is -1.99. The molecule has 2 aromatic rings. The maximum atomic E-state index is 11.5. The Morgan fingerprint density at radius 3 is 2.05 bits per heavy atom. The molecule has 0 radical (unpaired) electrons. The van der Waals surface area contributed by atoms with E-state index in [1.54, 1.807) is 12.1 Å². The molecule has 0 bridgehead atoms. The van der Waals surface area contributed by atoms with Gasteiger partial charge in [-0.1, -0.05) is 51.4 Å². The second-order valence-electron chi connectivity index (χ2n) is 11.4. The molecule has 0 aliphatic carbocycles. The lowest BCUT2D eigenvalue weighted by atomic mass is 10.1. The van der Waals surface area contributed by atoms with Gasteiger partial charge in [0.25, 0.3) is 0 Å². The number of halogens is 1. The second-order valence-corrected chi connectivity index (χ2v) is 23.5. The Bertz CT molecular complexity index is 1080. The highest BCUT2D eigenvalue weighted by atomic mass is 79.9. The number of hydrogen-bond acceptors (Lipinski definition) is 6. The number of nitrogens with zero attached hydrogens (tertiary/aromatic N) is 1. The largest absolute Gasteiger partial charge is 0.468 e. The Morgan fingerprint density at radius 2 is 1.49 bits per heavy atom. The predicted octanol–water partition coefficient (Wildman–Crippen LogP) is 8.22. The highest BCUT2D eigenvalue weighted by Gasteiger charge is 2.16. The van der Waals surface area contributed by atoms with E-state index in [9.17, 15) is 10.1 Å². The highest BCUT2D eigenvalue weighted by molar-refractivity contribution is 9.10. The van der Waals surface area contributed by atoms with Crippen LogP contribution < -0.4 is 9.47 Å². The number of hydrogen-bond donors (Lipinski definition) is 0. The van der Waals surface area contributed by atoms with Crippen molar-refractivity contribution in [3.05, 3.63) is 61.6 Å². The zero-order valence-electron chi connectivity index (χ0n) is 23.1. The van der Waals surface area contributed by atoms with Gasteiger partial charge in [0.05, 0.1) is 4.92 Å². The Kier molecular flexibility index (Phi) is 12.0. The summed E-state index contributed by atoms with van der Waals surface area (Å²) in [5.41, 5.74) is 2.63. The fourth-order valence-corrected chi connectivity index (χ4v) is 5.02. The highest BCUT2D eigenvalue weighted by Crippen LogP contribution is 2.31. The Balaban J connectivity index is 2.08. The summed E-state index contributed by atoms with van der Waals surface area (Å²) < 4.78 is 23.6. The molecule has 0 saturated heterocycles. The van der Waals surface area contributed by atoms with Crippen molar-refractivity contribution >= 4 is 49.9 Å². The van der Waals surface area contributed by atoms with Crippen LogP contribution in [-0.2, 0) is 9.47 Å². The van der Waals surface area contributed by atoms with Gasteiger partial charge in [-0.2, -0.15) is 0 Å². The van der Waals surface area contributed by atoms with Gasteiger partial charge >= 0.3 is 5.69 Å². The molecular weight excluding hydrogens is 570 g/mol. The second kappa shape index (κ2) is 14.2. The molecule has 2 rings (SSSR count). The first-order valence-corrected chi connectivity index (χ1v) is 20.6. The topological polar surface area (TPSA) is 80.1 Å². The fraction of sp³-hybridized carbons (Fsp3) is 0.481. The zero-order chi connectivity index (χ0) is 27.6. The summed E-state index contributed by atoms with van der Waals surface area (Å²) in [5, 5.41) is 11.5. The van der Waals surface area contributed by atoms with Crippen molar-refractivity contribution in [3.63, 3.8) is 0 Å². The van der Waals surface area contributed by atoms with E-state index in [-0.39, 0.29) is 25.0 Å². The number of rotatable bonds is 15. The smallest absolute Gasteiger partial charge is 0.311 e. The number of ether oxygens (including phenoxy) is 4. The first-order valence-electron chi connectivity index (χ1n) is 12.4. The molecule has 37 heavy (non-hydrogen) atoms. The van der Waals surface area contributed by atoms with E-state index >= 15 is 0 Å². The maximum Gasteiger partial charge on any atom is 0.311 e. The van der Waals surface area contributed by atoms with Gasteiger partial charge in [-0.05, 0) is 75.9 Å². The minimum absolute atomic E-state index is 0.0252.